The number of carbonyl (C=O) groups is 3. The van der Waals surface area contributed by atoms with Crippen LogP contribution < -0.4 is 15.0 Å². The van der Waals surface area contributed by atoms with Gasteiger partial charge in [0.2, 0.25) is 22.2 Å². The van der Waals surface area contributed by atoms with Crippen LogP contribution >= 0.6 is 0 Å². The van der Waals surface area contributed by atoms with Gasteiger partial charge in [0.1, 0.15) is 11.3 Å². The van der Waals surface area contributed by atoms with Crippen molar-refractivity contribution in [3.05, 3.63) is 102 Å². The minimum atomic E-state index is -3.98. The molecule has 14 nitrogen and oxygen atoms in total. The molecule has 0 aromatic heterocycles. The Kier molecular flexibility index (Phi) is 11.7. The highest BCUT2D eigenvalue weighted by Crippen LogP contribution is 2.38. The molecule has 3 aromatic carbocycles. The Bertz CT molecular complexity index is 1900. The van der Waals surface area contributed by atoms with Crippen molar-refractivity contribution in [2.75, 3.05) is 65.2 Å². The number of ether oxygens (including phenoxy) is 4. The lowest BCUT2D eigenvalue weighted by Gasteiger charge is -2.43. The van der Waals surface area contributed by atoms with E-state index in [2.05, 4.69) is 10.2 Å². The van der Waals surface area contributed by atoms with E-state index in [0.717, 1.165) is 15.6 Å². The van der Waals surface area contributed by atoms with Gasteiger partial charge in [-0.1, -0.05) is 30.3 Å². The monoisotopic (exact) mass is 748 g/mol. The molecular formula is C38H44N4O10S. The SMILES string of the molecule is COC(=O)c1ccc([C@H]2C=C(C(=O)N3CCC4(CC3)C(=O)NCN4c3ccccc3)O[C@@H](OCCN(CCO)S(=O)(=O)c3ccc(OC)cc3)C2)cc1. The molecule has 1 spiro atoms. The Morgan fingerprint density at radius 1 is 0.981 bits per heavy atom. The Balaban J connectivity index is 1.17. The third-order valence-corrected chi connectivity index (χ3v) is 11.9. The zero-order valence-corrected chi connectivity index (χ0v) is 30.5. The van der Waals surface area contributed by atoms with Crippen LogP contribution in [0.5, 0.6) is 5.75 Å². The van der Waals surface area contributed by atoms with Crippen LogP contribution in [0.1, 0.15) is 41.1 Å². The lowest BCUT2D eigenvalue weighted by Crippen LogP contribution is -2.57. The fourth-order valence-corrected chi connectivity index (χ4v) is 8.46. The van der Waals surface area contributed by atoms with E-state index >= 15 is 0 Å². The lowest BCUT2D eigenvalue weighted by molar-refractivity contribution is -0.154. The van der Waals surface area contributed by atoms with Gasteiger partial charge in [0, 0.05) is 44.2 Å². The van der Waals surface area contributed by atoms with Crippen molar-refractivity contribution in [2.45, 2.75) is 41.9 Å². The molecule has 2 fully saturated rings. The van der Waals surface area contributed by atoms with Gasteiger partial charge < -0.3 is 39.2 Å². The molecule has 15 heteroatoms. The fraction of sp³-hybridized carbons (Fsp3) is 0.395. The number of aliphatic hydroxyl groups is 1. The molecule has 6 rings (SSSR count). The number of aliphatic hydroxyl groups excluding tert-OH is 1. The quantitative estimate of drug-likeness (QED) is 0.247. The molecule has 2 amide bonds. The highest BCUT2D eigenvalue weighted by molar-refractivity contribution is 7.89. The maximum Gasteiger partial charge on any atom is 0.337 e. The smallest absolute Gasteiger partial charge is 0.337 e. The van der Waals surface area contributed by atoms with Crippen LogP contribution in [0.15, 0.2) is 95.6 Å². The third-order valence-electron chi connectivity index (χ3n) is 10.0. The zero-order valence-electron chi connectivity index (χ0n) is 29.7. The van der Waals surface area contributed by atoms with E-state index in [-0.39, 0.29) is 48.1 Å². The summed E-state index contributed by atoms with van der Waals surface area (Å²) in [6.07, 6.45) is 1.97. The number of para-hydroxylation sites is 1. The van der Waals surface area contributed by atoms with Gasteiger partial charge in [-0.15, -0.1) is 0 Å². The van der Waals surface area contributed by atoms with Crippen LogP contribution in [-0.2, 0) is 33.8 Å². The second-order valence-electron chi connectivity index (χ2n) is 13.0. The summed E-state index contributed by atoms with van der Waals surface area (Å²) in [4.78, 5) is 43.1. The summed E-state index contributed by atoms with van der Waals surface area (Å²) in [5.41, 5.74) is 1.34. The van der Waals surface area contributed by atoms with Crippen molar-refractivity contribution < 1.29 is 46.9 Å². The molecule has 2 atom stereocenters. The second kappa shape index (κ2) is 16.4. The Morgan fingerprint density at radius 2 is 1.68 bits per heavy atom. The number of nitrogens with zero attached hydrogens (tertiary/aromatic N) is 3. The van der Waals surface area contributed by atoms with Crippen molar-refractivity contribution in [2.24, 2.45) is 0 Å². The maximum absolute atomic E-state index is 14.1. The van der Waals surface area contributed by atoms with Gasteiger partial charge in [0.15, 0.2) is 5.76 Å². The van der Waals surface area contributed by atoms with Crippen LogP contribution in [0, 0.1) is 0 Å². The Hall–Kier alpha value is -4.96. The van der Waals surface area contributed by atoms with Crippen molar-refractivity contribution in [3.8, 4) is 5.75 Å². The largest absolute Gasteiger partial charge is 0.497 e. The first-order chi connectivity index (χ1) is 25.6. The number of methoxy groups -OCH3 is 2. The summed E-state index contributed by atoms with van der Waals surface area (Å²) < 4.78 is 50.2. The zero-order chi connectivity index (χ0) is 37.6. The fourth-order valence-electron chi connectivity index (χ4n) is 7.04. The van der Waals surface area contributed by atoms with E-state index in [0.29, 0.717) is 50.3 Å². The molecule has 0 bridgehead atoms. The molecule has 282 valence electrons. The number of anilines is 1. The molecule has 0 radical (unpaired) electrons. The van der Waals surface area contributed by atoms with Crippen LogP contribution in [0.4, 0.5) is 5.69 Å². The highest BCUT2D eigenvalue weighted by atomic mass is 32.2. The number of benzene rings is 3. The van der Waals surface area contributed by atoms with E-state index < -0.39 is 34.4 Å². The predicted molar refractivity (Wildman–Crippen MR) is 193 cm³/mol. The minimum absolute atomic E-state index is 0.0391. The molecule has 0 saturated carbocycles. The predicted octanol–water partition coefficient (Wildman–Crippen LogP) is 2.85. The molecule has 0 aliphatic carbocycles. The Labute approximate surface area is 308 Å². The number of sulfonamides is 1. The maximum atomic E-state index is 14.1. The second-order valence-corrected chi connectivity index (χ2v) is 14.9. The summed E-state index contributed by atoms with van der Waals surface area (Å²) in [7, 11) is -1.18. The molecule has 3 aliphatic rings. The number of piperidine rings is 1. The Morgan fingerprint density at radius 3 is 2.32 bits per heavy atom. The van der Waals surface area contributed by atoms with Crippen LogP contribution in [0.3, 0.4) is 0 Å². The number of allylic oxidation sites excluding steroid dienone is 1. The van der Waals surface area contributed by atoms with Crippen molar-refractivity contribution >= 4 is 33.5 Å². The highest BCUT2D eigenvalue weighted by Gasteiger charge is 2.51. The number of hydrogen-bond acceptors (Lipinski definition) is 11. The third kappa shape index (κ3) is 8.03. The van der Waals surface area contributed by atoms with Gasteiger partial charge in [0.25, 0.3) is 5.91 Å². The number of amides is 2. The normalized spacial score (nSPS) is 19.8. The number of esters is 1. The molecule has 3 heterocycles. The summed E-state index contributed by atoms with van der Waals surface area (Å²) in [5, 5.41) is 12.7. The van der Waals surface area contributed by atoms with Gasteiger partial charge in [-0.25, -0.2) is 13.2 Å². The summed E-state index contributed by atoms with van der Waals surface area (Å²) in [6.45, 7) is 0.290. The van der Waals surface area contributed by atoms with Gasteiger partial charge in [0.05, 0.1) is 44.6 Å². The van der Waals surface area contributed by atoms with E-state index in [1.165, 1.54) is 26.4 Å². The number of carbonyl (C=O) groups excluding carboxylic acids is 3. The molecule has 3 aromatic rings. The van der Waals surface area contributed by atoms with E-state index in [1.807, 2.05) is 30.3 Å². The minimum Gasteiger partial charge on any atom is -0.497 e. The molecule has 3 aliphatic heterocycles. The number of rotatable bonds is 13. The molecule has 2 N–H and O–H groups in total. The number of nitrogens with one attached hydrogen (secondary N) is 1. The average molecular weight is 749 g/mol. The van der Waals surface area contributed by atoms with E-state index in [4.69, 9.17) is 18.9 Å². The van der Waals surface area contributed by atoms with Crippen molar-refractivity contribution in [3.63, 3.8) is 0 Å². The van der Waals surface area contributed by atoms with Gasteiger partial charge >= 0.3 is 5.97 Å². The average Bonchev–Trinajstić information content (AvgIpc) is 3.51. The van der Waals surface area contributed by atoms with Crippen LogP contribution in [0.25, 0.3) is 0 Å². The first-order valence-corrected chi connectivity index (χ1v) is 18.9. The summed E-state index contributed by atoms with van der Waals surface area (Å²) in [6, 6.07) is 22.5. The first-order valence-electron chi connectivity index (χ1n) is 17.4. The standard InChI is InChI=1S/C38H44N4O10S/c1-49-31-12-14-32(15-13-31)53(47,48)41(20-22-43)21-23-51-34-25-29(27-8-10-28(11-9-27)36(45)50-2)24-33(52-34)35(44)40-18-16-38(17-19-40)37(46)39-26-42(38)30-6-4-3-5-7-30/h3-15,24,29,34,43H,16-23,25-26H2,1-2H3,(H,39,46)/t29-,34+/m0/s1. The van der Waals surface area contributed by atoms with Gasteiger partial charge in [-0.2, -0.15) is 4.31 Å². The lowest BCUT2D eigenvalue weighted by atomic mass is 9.85. The molecule has 53 heavy (non-hydrogen) atoms. The van der Waals surface area contributed by atoms with Crippen LogP contribution in [-0.4, -0.2) is 113 Å². The van der Waals surface area contributed by atoms with Crippen molar-refractivity contribution in [1.82, 2.24) is 14.5 Å². The summed E-state index contributed by atoms with van der Waals surface area (Å²) in [5.74, 6) is -0.648. The van der Waals surface area contributed by atoms with Crippen LogP contribution in [0.2, 0.25) is 0 Å². The topological polar surface area (TPSA) is 164 Å². The molecule has 2 saturated heterocycles. The molecular weight excluding hydrogens is 705 g/mol. The first kappa shape index (κ1) is 37.8. The summed E-state index contributed by atoms with van der Waals surface area (Å²) >= 11 is 0. The van der Waals surface area contributed by atoms with Crippen molar-refractivity contribution in [1.29, 1.82) is 0 Å². The number of hydrogen-bond donors (Lipinski definition) is 2. The number of likely N-dealkylation sites (tertiary alicyclic amines) is 1. The van der Waals surface area contributed by atoms with E-state index in [1.54, 1.807) is 47.4 Å². The van der Waals surface area contributed by atoms with E-state index in [9.17, 15) is 27.9 Å². The molecule has 0 unspecified atom stereocenters. The van der Waals surface area contributed by atoms with Gasteiger partial charge in [-0.3, -0.25) is 9.59 Å². The van der Waals surface area contributed by atoms with Gasteiger partial charge in [-0.05, 0) is 73.0 Å².